The molecule has 1 N–H and O–H groups in total. The molecule has 0 bridgehead atoms. The van der Waals surface area contributed by atoms with E-state index in [0.717, 1.165) is 12.1 Å². The second-order valence-electron chi connectivity index (χ2n) is 7.31. The molecule has 0 fully saturated rings. The highest BCUT2D eigenvalue weighted by Crippen LogP contribution is 2.36. The van der Waals surface area contributed by atoms with Crippen molar-refractivity contribution in [2.75, 3.05) is 0 Å². The van der Waals surface area contributed by atoms with Crippen molar-refractivity contribution in [1.29, 1.82) is 0 Å². The molecule has 0 aliphatic carbocycles. The second kappa shape index (κ2) is 9.03. The summed E-state index contributed by atoms with van der Waals surface area (Å²) in [6.07, 6.45) is 0. The Morgan fingerprint density at radius 3 is 2.55 bits per heavy atom. The molecule has 0 aliphatic rings. The summed E-state index contributed by atoms with van der Waals surface area (Å²) in [6.45, 7) is 1.49. The van der Waals surface area contributed by atoms with Gasteiger partial charge in [0.05, 0.1) is 16.9 Å². The summed E-state index contributed by atoms with van der Waals surface area (Å²) in [5.74, 6) is -3.49. The van der Waals surface area contributed by atoms with Crippen LogP contribution in [0, 0.1) is 24.4 Å². The van der Waals surface area contributed by atoms with E-state index in [1.165, 1.54) is 24.3 Å². The smallest absolute Gasteiger partial charge is 0.335 e. The van der Waals surface area contributed by atoms with E-state index in [0.29, 0.717) is 27.7 Å². The largest absolute Gasteiger partial charge is 0.488 e. The van der Waals surface area contributed by atoms with E-state index in [2.05, 4.69) is 0 Å². The predicted octanol–water partition coefficient (Wildman–Crippen LogP) is 6.80. The number of aryl methyl sites for hydroxylation is 1. The average molecular weight is 472 g/mol. The lowest BCUT2D eigenvalue weighted by Crippen LogP contribution is -2.06. The van der Waals surface area contributed by atoms with Crippen LogP contribution >= 0.6 is 11.6 Å². The maximum atomic E-state index is 14.8. The number of benzene rings is 3. The Morgan fingerprint density at radius 1 is 1.00 bits per heavy atom. The van der Waals surface area contributed by atoms with Crippen LogP contribution < -0.4 is 4.74 Å². The molecular weight excluding hydrogens is 455 g/mol. The first kappa shape index (κ1) is 22.5. The molecule has 0 atom stereocenters. The van der Waals surface area contributed by atoms with E-state index in [1.807, 2.05) is 0 Å². The van der Waals surface area contributed by atoms with Gasteiger partial charge >= 0.3 is 5.97 Å². The molecular formula is C25H17ClF3NO3. The zero-order valence-corrected chi connectivity index (χ0v) is 18.0. The van der Waals surface area contributed by atoms with E-state index in [4.69, 9.17) is 16.3 Å². The lowest BCUT2D eigenvalue weighted by molar-refractivity contribution is 0.0696. The normalized spacial score (nSPS) is 10.9. The standard InChI is InChI=1S/C25H17ClF3NO3/c1-14-5-9-21(30(14)22-11-15(25(31)32)6-8-19(22)27)18-12-17(26)7-10-23(18)33-13-16-3-2-4-20(28)24(16)29/h2-12H,13H2,1H3,(H,31,32). The number of halogens is 4. The van der Waals surface area contributed by atoms with Gasteiger partial charge in [-0.3, -0.25) is 0 Å². The molecule has 4 nitrogen and oxygen atoms in total. The maximum absolute atomic E-state index is 14.8. The Labute approximate surface area is 192 Å². The van der Waals surface area contributed by atoms with Crippen molar-refractivity contribution in [3.8, 4) is 22.7 Å². The Hall–Kier alpha value is -3.71. The number of aromatic nitrogens is 1. The number of aromatic carboxylic acids is 1. The highest BCUT2D eigenvalue weighted by atomic mass is 35.5. The van der Waals surface area contributed by atoms with Crippen LogP contribution in [0.25, 0.3) is 16.9 Å². The van der Waals surface area contributed by atoms with Crippen molar-refractivity contribution in [2.24, 2.45) is 0 Å². The summed E-state index contributed by atoms with van der Waals surface area (Å²) < 4.78 is 49.7. The van der Waals surface area contributed by atoms with Crippen molar-refractivity contribution in [2.45, 2.75) is 13.5 Å². The highest BCUT2D eigenvalue weighted by Gasteiger charge is 2.19. The molecule has 0 radical (unpaired) electrons. The maximum Gasteiger partial charge on any atom is 0.335 e. The number of hydrogen-bond acceptors (Lipinski definition) is 2. The first-order valence-electron chi connectivity index (χ1n) is 9.83. The Bertz CT molecular complexity index is 1370. The van der Waals surface area contributed by atoms with Gasteiger partial charge in [-0.2, -0.15) is 0 Å². The number of carboxylic acid groups (broad SMARTS) is 1. The fourth-order valence-electron chi connectivity index (χ4n) is 3.53. The van der Waals surface area contributed by atoms with Gasteiger partial charge in [-0.05, 0) is 61.5 Å². The van der Waals surface area contributed by atoms with Crippen LogP contribution in [0.1, 0.15) is 21.6 Å². The third kappa shape index (κ3) is 4.45. The molecule has 1 heterocycles. The molecule has 0 amide bonds. The molecule has 33 heavy (non-hydrogen) atoms. The lowest BCUT2D eigenvalue weighted by Gasteiger charge is -2.17. The molecule has 4 aromatic rings. The van der Waals surface area contributed by atoms with Gasteiger partial charge < -0.3 is 14.4 Å². The molecule has 0 aliphatic heterocycles. The number of ether oxygens (including phenoxy) is 1. The van der Waals surface area contributed by atoms with E-state index in [9.17, 15) is 23.1 Å². The van der Waals surface area contributed by atoms with Crippen LogP contribution in [0.4, 0.5) is 13.2 Å². The molecule has 4 rings (SSSR count). The summed E-state index contributed by atoms with van der Waals surface area (Å²) >= 11 is 6.21. The topological polar surface area (TPSA) is 51.5 Å². The van der Waals surface area contributed by atoms with Crippen molar-refractivity contribution >= 4 is 17.6 Å². The SMILES string of the molecule is Cc1ccc(-c2cc(Cl)ccc2OCc2cccc(F)c2F)n1-c1cc(C(=O)O)ccc1F. The van der Waals surface area contributed by atoms with Gasteiger partial charge in [0.15, 0.2) is 11.6 Å². The van der Waals surface area contributed by atoms with Gasteiger partial charge in [-0.1, -0.05) is 23.7 Å². The predicted molar refractivity (Wildman–Crippen MR) is 119 cm³/mol. The van der Waals surface area contributed by atoms with Gasteiger partial charge in [-0.25, -0.2) is 18.0 Å². The molecule has 0 unspecified atom stereocenters. The Morgan fingerprint density at radius 2 is 1.79 bits per heavy atom. The zero-order valence-electron chi connectivity index (χ0n) is 17.3. The van der Waals surface area contributed by atoms with Crippen LogP contribution in [0.5, 0.6) is 5.75 Å². The summed E-state index contributed by atoms with van der Waals surface area (Å²) in [7, 11) is 0. The minimum absolute atomic E-state index is 0.0302. The fraction of sp³-hybridized carbons (Fsp3) is 0.0800. The number of rotatable bonds is 6. The van der Waals surface area contributed by atoms with Crippen molar-refractivity contribution in [3.05, 3.63) is 106 Å². The van der Waals surface area contributed by atoms with E-state index in [-0.39, 0.29) is 23.4 Å². The third-order valence-electron chi connectivity index (χ3n) is 5.14. The molecule has 8 heteroatoms. The van der Waals surface area contributed by atoms with Crippen LogP contribution in [0.15, 0.2) is 66.7 Å². The fourth-order valence-corrected chi connectivity index (χ4v) is 3.70. The Kier molecular flexibility index (Phi) is 6.16. The van der Waals surface area contributed by atoms with Gasteiger partial charge in [0.2, 0.25) is 0 Å². The van der Waals surface area contributed by atoms with Gasteiger partial charge in [-0.15, -0.1) is 0 Å². The van der Waals surface area contributed by atoms with E-state index in [1.54, 1.807) is 41.8 Å². The monoisotopic (exact) mass is 471 g/mol. The van der Waals surface area contributed by atoms with Crippen molar-refractivity contribution < 1.29 is 27.8 Å². The number of hydrogen-bond donors (Lipinski definition) is 1. The quantitative estimate of drug-likeness (QED) is 0.336. The van der Waals surface area contributed by atoms with Gasteiger partial charge in [0, 0.05) is 21.8 Å². The van der Waals surface area contributed by atoms with Crippen LogP contribution in [0.3, 0.4) is 0 Å². The van der Waals surface area contributed by atoms with E-state index < -0.39 is 23.4 Å². The van der Waals surface area contributed by atoms with Gasteiger partial charge in [0.25, 0.3) is 0 Å². The number of carboxylic acids is 1. The van der Waals surface area contributed by atoms with Crippen LogP contribution in [-0.2, 0) is 6.61 Å². The molecule has 1 aromatic heterocycles. The van der Waals surface area contributed by atoms with Gasteiger partial charge in [0.1, 0.15) is 18.2 Å². The summed E-state index contributed by atoms with van der Waals surface area (Å²) in [5.41, 5.74) is 1.57. The minimum atomic E-state index is -1.19. The van der Waals surface area contributed by atoms with Crippen LogP contribution in [-0.4, -0.2) is 15.6 Å². The average Bonchev–Trinajstić information content (AvgIpc) is 3.16. The van der Waals surface area contributed by atoms with Crippen LogP contribution in [0.2, 0.25) is 5.02 Å². The minimum Gasteiger partial charge on any atom is -0.488 e. The summed E-state index contributed by atoms with van der Waals surface area (Å²) in [6, 6.07) is 15.5. The molecule has 0 saturated heterocycles. The molecule has 0 saturated carbocycles. The number of carbonyl (C=O) groups is 1. The lowest BCUT2D eigenvalue weighted by atomic mass is 10.1. The summed E-state index contributed by atoms with van der Waals surface area (Å²) in [4.78, 5) is 11.4. The van der Waals surface area contributed by atoms with E-state index >= 15 is 0 Å². The molecule has 3 aromatic carbocycles. The highest BCUT2D eigenvalue weighted by molar-refractivity contribution is 6.31. The van der Waals surface area contributed by atoms with Crippen molar-refractivity contribution in [1.82, 2.24) is 4.57 Å². The summed E-state index contributed by atoms with van der Waals surface area (Å²) in [5, 5.41) is 9.70. The first-order valence-corrected chi connectivity index (χ1v) is 10.2. The van der Waals surface area contributed by atoms with Crippen molar-refractivity contribution in [3.63, 3.8) is 0 Å². The third-order valence-corrected chi connectivity index (χ3v) is 5.38. The molecule has 168 valence electrons. The first-order chi connectivity index (χ1) is 15.8. The molecule has 0 spiro atoms. The second-order valence-corrected chi connectivity index (χ2v) is 7.75. The number of nitrogens with zero attached hydrogens (tertiary/aromatic N) is 1. The zero-order chi connectivity index (χ0) is 23.7. The Balaban J connectivity index is 1.80.